The van der Waals surface area contributed by atoms with Gasteiger partial charge in [0.05, 0.1) is 5.02 Å². The Labute approximate surface area is 102 Å². The third kappa shape index (κ3) is 3.70. The van der Waals surface area contributed by atoms with Crippen molar-refractivity contribution < 1.29 is 9.63 Å². The van der Waals surface area contributed by atoms with Gasteiger partial charge in [-0.1, -0.05) is 40.0 Å². The van der Waals surface area contributed by atoms with Gasteiger partial charge in [-0.2, -0.15) is 0 Å². The van der Waals surface area contributed by atoms with Crippen LogP contribution in [0.3, 0.4) is 0 Å². The molecule has 15 heavy (non-hydrogen) atoms. The second-order valence-corrected chi connectivity index (χ2v) is 3.79. The van der Waals surface area contributed by atoms with E-state index in [-0.39, 0.29) is 5.17 Å². The number of carbonyl (C=O) groups is 1. The third-order valence-corrected chi connectivity index (χ3v) is 2.23. The van der Waals surface area contributed by atoms with Gasteiger partial charge in [0, 0.05) is 17.5 Å². The van der Waals surface area contributed by atoms with Crippen molar-refractivity contribution in [3.63, 3.8) is 0 Å². The Morgan fingerprint density at radius 2 is 2.07 bits per heavy atom. The summed E-state index contributed by atoms with van der Waals surface area (Å²) in [6.07, 6.45) is 0. The minimum Gasteiger partial charge on any atom is -0.317 e. The molecular formula is C9H6Cl3NO2. The molecule has 0 aliphatic carbocycles. The smallest absolute Gasteiger partial charge is 0.317 e. The molecule has 0 amide bonds. The van der Waals surface area contributed by atoms with E-state index in [1.807, 2.05) is 0 Å². The van der Waals surface area contributed by atoms with Gasteiger partial charge in [0.2, 0.25) is 0 Å². The quantitative estimate of drug-likeness (QED) is 0.467. The predicted molar refractivity (Wildman–Crippen MR) is 60.6 cm³/mol. The molecule has 0 N–H and O–H groups in total. The summed E-state index contributed by atoms with van der Waals surface area (Å²) in [5, 5.41) is 4.21. The summed E-state index contributed by atoms with van der Waals surface area (Å²) in [5.41, 5.74) is 0.448. The monoisotopic (exact) mass is 265 g/mol. The van der Waals surface area contributed by atoms with Gasteiger partial charge in [0.25, 0.3) is 0 Å². The third-order valence-electron chi connectivity index (χ3n) is 1.41. The molecule has 0 bridgehead atoms. The fourth-order valence-electron chi connectivity index (χ4n) is 0.810. The van der Waals surface area contributed by atoms with Crippen LogP contribution in [-0.2, 0) is 9.63 Å². The lowest BCUT2D eigenvalue weighted by Crippen LogP contribution is -1.97. The lowest BCUT2D eigenvalue weighted by Gasteiger charge is -2.01. The fourth-order valence-corrected chi connectivity index (χ4v) is 1.56. The first-order valence-corrected chi connectivity index (χ1v) is 5.00. The van der Waals surface area contributed by atoms with E-state index in [9.17, 15) is 4.79 Å². The standard InChI is InChI=1S/C9H6Cl3NO2/c1-5(14)15-13-9(12)7-3-2-6(10)4-8(7)11/h2-4H,1H3/b13-9+. The largest absolute Gasteiger partial charge is 0.332 e. The lowest BCUT2D eigenvalue weighted by atomic mass is 10.2. The van der Waals surface area contributed by atoms with Crippen LogP contribution in [0.2, 0.25) is 10.0 Å². The van der Waals surface area contributed by atoms with Gasteiger partial charge in [0.1, 0.15) is 0 Å². The molecule has 80 valence electrons. The Morgan fingerprint density at radius 1 is 1.40 bits per heavy atom. The maximum Gasteiger partial charge on any atom is 0.332 e. The summed E-state index contributed by atoms with van der Waals surface area (Å²) in [4.78, 5) is 14.8. The van der Waals surface area contributed by atoms with Crippen LogP contribution < -0.4 is 0 Å². The minimum atomic E-state index is -0.557. The van der Waals surface area contributed by atoms with Crippen molar-refractivity contribution in [2.75, 3.05) is 0 Å². The van der Waals surface area contributed by atoms with E-state index >= 15 is 0 Å². The number of halogens is 3. The number of benzene rings is 1. The summed E-state index contributed by atoms with van der Waals surface area (Å²) in [5.74, 6) is -0.557. The van der Waals surface area contributed by atoms with Crippen LogP contribution in [0.5, 0.6) is 0 Å². The molecule has 0 spiro atoms. The highest BCUT2D eigenvalue weighted by Crippen LogP contribution is 2.22. The summed E-state index contributed by atoms with van der Waals surface area (Å²) >= 11 is 17.3. The summed E-state index contributed by atoms with van der Waals surface area (Å²) < 4.78 is 0. The molecular weight excluding hydrogens is 260 g/mol. The normalized spacial score (nSPS) is 11.3. The molecule has 0 saturated heterocycles. The highest BCUT2D eigenvalue weighted by molar-refractivity contribution is 6.70. The van der Waals surface area contributed by atoms with Crippen molar-refractivity contribution in [3.8, 4) is 0 Å². The van der Waals surface area contributed by atoms with Crippen LogP contribution in [0, 0.1) is 0 Å². The van der Waals surface area contributed by atoms with Crippen molar-refractivity contribution in [1.82, 2.24) is 0 Å². The highest BCUT2D eigenvalue weighted by atomic mass is 35.5. The van der Waals surface area contributed by atoms with Crippen LogP contribution >= 0.6 is 34.8 Å². The highest BCUT2D eigenvalue weighted by Gasteiger charge is 2.07. The molecule has 0 unspecified atom stereocenters. The van der Waals surface area contributed by atoms with E-state index in [0.29, 0.717) is 15.6 Å². The molecule has 0 aromatic heterocycles. The second-order valence-electron chi connectivity index (χ2n) is 2.59. The van der Waals surface area contributed by atoms with Gasteiger partial charge in [-0.3, -0.25) is 0 Å². The van der Waals surface area contributed by atoms with Crippen molar-refractivity contribution in [2.24, 2.45) is 5.16 Å². The van der Waals surface area contributed by atoms with Gasteiger partial charge >= 0.3 is 5.97 Å². The molecule has 1 aromatic carbocycles. The number of carbonyl (C=O) groups excluding carboxylic acids is 1. The zero-order valence-electron chi connectivity index (χ0n) is 7.63. The zero-order chi connectivity index (χ0) is 11.4. The van der Waals surface area contributed by atoms with E-state index in [0.717, 1.165) is 0 Å². The molecule has 0 atom stereocenters. The molecule has 0 radical (unpaired) electrons. The molecule has 3 nitrogen and oxygen atoms in total. The summed E-state index contributed by atoms with van der Waals surface area (Å²) in [7, 11) is 0. The number of rotatable bonds is 2. The fraction of sp³-hybridized carbons (Fsp3) is 0.111. The minimum absolute atomic E-state index is 0.00753. The van der Waals surface area contributed by atoms with Gasteiger partial charge < -0.3 is 4.84 Å². The summed E-state index contributed by atoms with van der Waals surface area (Å²) in [6, 6.07) is 4.71. The Balaban J connectivity index is 2.95. The Morgan fingerprint density at radius 3 is 2.60 bits per heavy atom. The molecule has 6 heteroatoms. The number of oxime groups is 1. The van der Waals surface area contributed by atoms with E-state index in [1.54, 1.807) is 12.1 Å². The molecule has 0 fully saturated rings. The van der Waals surface area contributed by atoms with Gasteiger partial charge in [-0.25, -0.2) is 4.79 Å². The molecule has 0 aliphatic rings. The maximum atomic E-state index is 10.5. The number of hydrogen-bond donors (Lipinski definition) is 0. The maximum absolute atomic E-state index is 10.5. The Bertz CT molecular complexity index is 418. The first-order chi connectivity index (χ1) is 7.00. The Hall–Kier alpha value is -0.770. The molecule has 0 saturated carbocycles. The predicted octanol–water partition coefficient (Wildman–Crippen LogP) is 3.46. The zero-order valence-corrected chi connectivity index (χ0v) is 9.90. The van der Waals surface area contributed by atoms with Crippen LogP contribution in [0.4, 0.5) is 0 Å². The van der Waals surface area contributed by atoms with Crippen molar-refractivity contribution in [1.29, 1.82) is 0 Å². The molecule has 1 aromatic rings. The lowest BCUT2D eigenvalue weighted by molar-refractivity contribution is -0.140. The van der Waals surface area contributed by atoms with Gasteiger partial charge in [-0.15, -0.1) is 0 Å². The van der Waals surface area contributed by atoms with Gasteiger partial charge in [0.15, 0.2) is 5.17 Å². The van der Waals surface area contributed by atoms with E-state index in [2.05, 4.69) is 9.99 Å². The Kier molecular flexibility index (Phi) is 4.39. The molecule has 0 aliphatic heterocycles. The second kappa shape index (κ2) is 5.35. The van der Waals surface area contributed by atoms with Crippen LogP contribution in [0.1, 0.15) is 12.5 Å². The average Bonchev–Trinajstić information content (AvgIpc) is 2.14. The van der Waals surface area contributed by atoms with Crippen molar-refractivity contribution in [3.05, 3.63) is 33.8 Å². The molecule has 1 rings (SSSR count). The first kappa shape index (κ1) is 12.3. The van der Waals surface area contributed by atoms with Crippen molar-refractivity contribution in [2.45, 2.75) is 6.92 Å². The average molecular weight is 267 g/mol. The first-order valence-electron chi connectivity index (χ1n) is 3.87. The van der Waals surface area contributed by atoms with E-state index in [4.69, 9.17) is 34.8 Å². The van der Waals surface area contributed by atoms with Crippen LogP contribution in [-0.4, -0.2) is 11.1 Å². The van der Waals surface area contributed by atoms with Crippen LogP contribution in [0.15, 0.2) is 23.4 Å². The van der Waals surface area contributed by atoms with E-state index in [1.165, 1.54) is 13.0 Å². The number of nitrogens with zero attached hydrogens (tertiary/aromatic N) is 1. The summed E-state index contributed by atoms with van der Waals surface area (Å²) in [6.45, 7) is 1.22. The van der Waals surface area contributed by atoms with E-state index < -0.39 is 5.97 Å². The van der Waals surface area contributed by atoms with Crippen molar-refractivity contribution >= 4 is 45.9 Å². The van der Waals surface area contributed by atoms with Gasteiger partial charge in [-0.05, 0) is 18.2 Å². The number of hydrogen-bond acceptors (Lipinski definition) is 3. The molecule has 0 heterocycles. The SMILES string of the molecule is CC(=O)O/N=C(/Cl)c1ccc(Cl)cc1Cl. The van der Waals surface area contributed by atoms with Crippen LogP contribution in [0.25, 0.3) is 0 Å². The topological polar surface area (TPSA) is 38.7 Å².